The van der Waals surface area contributed by atoms with E-state index < -0.39 is 29.6 Å². The van der Waals surface area contributed by atoms with Gasteiger partial charge in [0.25, 0.3) is 0 Å². The third-order valence-electron chi connectivity index (χ3n) is 7.33. The van der Waals surface area contributed by atoms with Crippen molar-refractivity contribution in [2.45, 2.75) is 64.3 Å². The van der Waals surface area contributed by atoms with Crippen LogP contribution in [0.4, 0.5) is 13.2 Å². The molecule has 2 aromatic rings. The lowest BCUT2D eigenvalue weighted by Gasteiger charge is -2.30. The van der Waals surface area contributed by atoms with Gasteiger partial charge in [-0.2, -0.15) is 13.2 Å². The number of likely N-dealkylation sites (tertiary alicyclic amines) is 1. The summed E-state index contributed by atoms with van der Waals surface area (Å²) in [4.78, 5) is 25.3. The summed E-state index contributed by atoms with van der Waals surface area (Å²) in [5, 5.41) is 19.0. The number of piperidine rings is 1. The van der Waals surface area contributed by atoms with Crippen molar-refractivity contribution in [2.75, 3.05) is 13.1 Å². The van der Waals surface area contributed by atoms with Gasteiger partial charge in [-0.05, 0) is 86.0 Å². The molecule has 2 N–H and O–H groups in total. The maximum absolute atomic E-state index is 14.2. The topological polar surface area (TPSA) is 87.1 Å². The zero-order valence-corrected chi connectivity index (χ0v) is 19.6. The molecule has 4 rings (SSSR count). The van der Waals surface area contributed by atoms with Crippen molar-refractivity contribution < 1.29 is 37.7 Å². The fourth-order valence-electron chi connectivity index (χ4n) is 5.31. The number of carboxylic acid groups (broad SMARTS) is 2. The average molecular weight is 494 g/mol. The molecule has 0 aromatic heterocycles. The lowest BCUT2D eigenvalue weighted by molar-refractivity contribution is -0.143. The quantitative estimate of drug-likeness (QED) is 0.528. The van der Waals surface area contributed by atoms with E-state index in [9.17, 15) is 33.0 Å². The molecule has 190 valence electrons. The Kier molecular flexibility index (Phi) is 7.26. The largest absolute Gasteiger partial charge is 0.490 e. The van der Waals surface area contributed by atoms with Gasteiger partial charge in [0.2, 0.25) is 0 Å². The zero-order valence-electron chi connectivity index (χ0n) is 19.6. The molecule has 35 heavy (non-hydrogen) atoms. The highest BCUT2D eigenvalue weighted by Gasteiger charge is 2.38. The summed E-state index contributed by atoms with van der Waals surface area (Å²) in [6.07, 6.45) is -0.938. The fourth-order valence-corrected chi connectivity index (χ4v) is 5.31. The average Bonchev–Trinajstić information content (AvgIpc) is 2.79. The number of aliphatic carboxylic acids is 1. The second-order valence-corrected chi connectivity index (χ2v) is 9.82. The number of aromatic carboxylic acids is 1. The smallest absolute Gasteiger partial charge is 0.420 e. The Hall–Kier alpha value is -2.81. The van der Waals surface area contributed by atoms with Gasteiger partial charge in [0, 0.05) is 6.54 Å². The Morgan fingerprint density at radius 3 is 2.17 bits per heavy atom. The number of ether oxygens (including phenoxy) is 1. The number of benzene rings is 2. The van der Waals surface area contributed by atoms with Crippen molar-refractivity contribution in [3.8, 4) is 5.75 Å². The van der Waals surface area contributed by atoms with E-state index in [1.54, 1.807) is 0 Å². The summed E-state index contributed by atoms with van der Waals surface area (Å²) in [6, 6.07) is 5.43. The Balaban J connectivity index is 1.68. The van der Waals surface area contributed by atoms with Crippen LogP contribution >= 0.6 is 0 Å². The molecule has 1 saturated carbocycles. The standard InChI is InChI=1S/C26H30F3NO5/c1-15-2-5-18(6-3-15)35-21-9-8-19-20(23(21)26(27,28)29)7-4-17(22(19)25(33)34)14-30-12-10-16(11-13-30)24(31)32/h4,7-9,15-16,18H,2-3,5-6,10-14H2,1H3,(H,31,32)(H,33,34)/t15-,18+. The molecule has 0 radical (unpaired) electrons. The lowest BCUT2D eigenvalue weighted by atomic mass is 9.89. The minimum Gasteiger partial charge on any atom is -0.490 e. The van der Waals surface area contributed by atoms with Crippen LogP contribution < -0.4 is 4.74 Å². The number of hydrogen-bond acceptors (Lipinski definition) is 4. The monoisotopic (exact) mass is 493 g/mol. The van der Waals surface area contributed by atoms with Crippen molar-refractivity contribution in [1.29, 1.82) is 0 Å². The summed E-state index contributed by atoms with van der Waals surface area (Å²) >= 11 is 0. The molecule has 0 spiro atoms. The maximum atomic E-state index is 14.2. The fraction of sp³-hybridized carbons (Fsp3) is 0.538. The Morgan fingerprint density at radius 2 is 1.60 bits per heavy atom. The highest BCUT2D eigenvalue weighted by atomic mass is 19.4. The van der Waals surface area contributed by atoms with Crippen LogP contribution in [-0.2, 0) is 17.5 Å². The third kappa shape index (κ3) is 5.55. The molecule has 1 saturated heterocycles. The molecule has 2 aromatic carbocycles. The predicted molar refractivity (Wildman–Crippen MR) is 124 cm³/mol. The van der Waals surface area contributed by atoms with Crippen LogP contribution in [0.5, 0.6) is 5.75 Å². The van der Waals surface area contributed by atoms with Gasteiger partial charge >= 0.3 is 18.1 Å². The first kappa shape index (κ1) is 25.3. The van der Waals surface area contributed by atoms with Gasteiger partial charge in [-0.3, -0.25) is 9.69 Å². The molecule has 0 amide bonds. The number of alkyl halides is 3. The van der Waals surface area contributed by atoms with E-state index in [0.717, 1.165) is 12.8 Å². The summed E-state index contributed by atoms with van der Waals surface area (Å²) in [5.74, 6) is -2.30. The minimum atomic E-state index is -4.72. The van der Waals surface area contributed by atoms with E-state index in [1.807, 2.05) is 4.90 Å². The van der Waals surface area contributed by atoms with Crippen molar-refractivity contribution in [3.63, 3.8) is 0 Å². The van der Waals surface area contributed by atoms with E-state index in [1.165, 1.54) is 24.3 Å². The highest BCUT2D eigenvalue weighted by molar-refractivity contribution is 6.06. The van der Waals surface area contributed by atoms with E-state index in [2.05, 4.69) is 6.92 Å². The first-order valence-corrected chi connectivity index (χ1v) is 12.1. The molecule has 1 aliphatic carbocycles. The predicted octanol–water partition coefficient (Wildman–Crippen LogP) is 5.81. The number of hydrogen-bond donors (Lipinski definition) is 2. The van der Waals surface area contributed by atoms with E-state index in [-0.39, 0.29) is 34.7 Å². The molecule has 0 bridgehead atoms. The second-order valence-electron chi connectivity index (χ2n) is 9.82. The van der Waals surface area contributed by atoms with Crippen LogP contribution in [0.2, 0.25) is 0 Å². The number of carbonyl (C=O) groups is 2. The number of rotatable bonds is 6. The second kappa shape index (κ2) is 10.0. The van der Waals surface area contributed by atoms with Gasteiger partial charge in [-0.25, -0.2) is 4.79 Å². The van der Waals surface area contributed by atoms with Crippen LogP contribution in [-0.4, -0.2) is 46.2 Å². The number of fused-ring (bicyclic) bond motifs is 1. The van der Waals surface area contributed by atoms with Gasteiger partial charge in [-0.1, -0.05) is 19.1 Å². The molecular formula is C26H30F3NO5. The van der Waals surface area contributed by atoms with Crippen LogP contribution in [0.1, 0.15) is 66.9 Å². The van der Waals surface area contributed by atoms with Gasteiger partial charge < -0.3 is 14.9 Å². The molecule has 1 aliphatic heterocycles. The Bertz CT molecular complexity index is 1100. The molecule has 1 heterocycles. The number of carboxylic acids is 2. The SMILES string of the molecule is C[C@H]1CC[C@@H](Oc2ccc3c(C(=O)O)c(CN4CCC(C(=O)O)CC4)ccc3c2C(F)(F)F)CC1. The molecule has 0 unspecified atom stereocenters. The van der Waals surface area contributed by atoms with Gasteiger partial charge in [-0.15, -0.1) is 0 Å². The van der Waals surface area contributed by atoms with Crippen LogP contribution in [0.25, 0.3) is 10.8 Å². The zero-order chi connectivity index (χ0) is 25.3. The number of nitrogens with zero attached hydrogens (tertiary/aromatic N) is 1. The first-order chi connectivity index (χ1) is 16.5. The van der Waals surface area contributed by atoms with Gasteiger partial charge in [0.15, 0.2) is 0 Å². The molecule has 2 aliphatic rings. The molecular weight excluding hydrogens is 463 g/mol. The van der Waals surface area contributed by atoms with Gasteiger partial charge in [0.1, 0.15) is 11.3 Å². The Labute approximate surface area is 201 Å². The van der Waals surface area contributed by atoms with Crippen LogP contribution in [0, 0.1) is 11.8 Å². The lowest BCUT2D eigenvalue weighted by Crippen LogP contribution is -2.36. The summed E-state index contributed by atoms with van der Waals surface area (Å²) in [6.45, 7) is 3.31. The minimum absolute atomic E-state index is 0.0207. The molecule has 2 fully saturated rings. The third-order valence-corrected chi connectivity index (χ3v) is 7.33. The van der Waals surface area contributed by atoms with Crippen LogP contribution in [0.3, 0.4) is 0 Å². The molecule has 0 atom stereocenters. The van der Waals surface area contributed by atoms with E-state index in [4.69, 9.17) is 4.74 Å². The first-order valence-electron chi connectivity index (χ1n) is 12.1. The van der Waals surface area contributed by atoms with Crippen molar-refractivity contribution in [1.82, 2.24) is 4.90 Å². The highest BCUT2D eigenvalue weighted by Crippen LogP contribution is 2.44. The summed E-state index contributed by atoms with van der Waals surface area (Å²) in [7, 11) is 0. The van der Waals surface area contributed by atoms with Crippen LogP contribution in [0.15, 0.2) is 24.3 Å². The normalized spacial score (nSPS) is 22.3. The van der Waals surface area contributed by atoms with E-state index >= 15 is 0 Å². The maximum Gasteiger partial charge on any atom is 0.420 e. The summed E-state index contributed by atoms with van der Waals surface area (Å²) < 4.78 is 48.5. The Morgan fingerprint density at radius 1 is 0.971 bits per heavy atom. The van der Waals surface area contributed by atoms with Crippen molar-refractivity contribution in [2.24, 2.45) is 11.8 Å². The van der Waals surface area contributed by atoms with Crippen molar-refractivity contribution in [3.05, 3.63) is 41.0 Å². The molecule has 9 heteroatoms. The van der Waals surface area contributed by atoms with Gasteiger partial charge in [0.05, 0.1) is 17.6 Å². The number of halogens is 3. The summed E-state index contributed by atoms with van der Waals surface area (Å²) in [5.41, 5.74) is -0.696. The molecule has 6 nitrogen and oxygen atoms in total. The van der Waals surface area contributed by atoms with Crippen molar-refractivity contribution >= 4 is 22.7 Å². The van der Waals surface area contributed by atoms with E-state index in [0.29, 0.717) is 50.3 Å².